The molecule has 2 heterocycles. The summed E-state index contributed by atoms with van der Waals surface area (Å²) in [4.78, 5) is 2.68. The molecule has 112 valence electrons. The number of piperidine rings is 1. The van der Waals surface area contributed by atoms with E-state index in [1.165, 1.54) is 63.6 Å². The number of likely N-dealkylation sites (tertiary alicyclic amines) is 1. The number of thiophene rings is 1. The van der Waals surface area contributed by atoms with E-state index in [1.54, 1.807) is 11.3 Å². The highest BCUT2D eigenvalue weighted by atomic mass is 32.1. The molecule has 2 aliphatic rings. The summed E-state index contributed by atoms with van der Waals surface area (Å²) in [5.74, 6) is 0.534. The fourth-order valence-corrected chi connectivity index (χ4v) is 4.78. The van der Waals surface area contributed by atoms with Gasteiger partial charge in [0.25, 0.3) is 0 Å². The van der Waals surface area contributed by atoms with Crippen molar-refractivity contribution in [2.24, 2.45) is 5.92 Å². The SMILES string of the molecule is OC1CCCCC1C1CCCCN1CCc1ccsc1. The Balaban J connectivity index is 1.61. The van der Waals surface area contributed by atoms with Crippen LogP contribution in [0.25, 0.3) is 0 Å². The number of aliphatic hydroxyl groups excluding tert-OH is 1. The monoisotopic (exact) mass is 293 g/mol. The van der Waals surface area contributed by atoms with Crippen molar-refractivity contribution in [2.45, 2.75) is 63.5 Å². The highest BCUT2D eigenvalue weighted by Crippen LogP contribution is 2.34. The Morgan fingerprint density at radius 1 is 1.15 bits per heavy atom. The second-order valence-corrected chi connectivity index (χ2v) is 7.28. The second-order valence-electron chi connectivity index (χ2n) is 6.50. The second kappa shape index (κ2) is 7.06. The molecular weight excluding hydrogens is 266 g/mol. The van der Waals surface area contributed by atoms with E-state index < -0.39 is 0 Å². The van der Waals surface area contributed by atoms with E-state index in [-0.39, 0.29) is 6.10 Å². The average molecular weight is 293 g/mol. The summed E-state index contributed by atoms with van der Waals surface area (Å²) in [5.41, 5.74) is 1.48. The van der Waals surface area contributed by atoms with Crippen LogP contribution < -0.4 is 0 Å². The van der Waals surface area contributed by atoms with Gasteiger partial charge in [-0.15, -0.1) is 0 Å². The molecule has 3 atom stereocenters. The first-order valence-electron chi connectivity index (χ1n) is 8.28. The highest BCUT2D eigenvalue weighted by molar-refractivity contribution is 7.07. The molecule has 2 nitrogen and oxygen atoms in total. The van der Waals surface area contributed by atoms with E-state index in [9.17, 15) is 5.11 Å². The molecule has 3 rings (SSSR count). The van der Waals surface area contributed by atoms with Gasteiger partial charge in [0.15, 0.2) is 0 Å². The molecule has 0 radical (unpaired) electrons. The van der Waals surface area contributed by atoms with Crippen LogP contribution in [0.1, 0.15) is 50.5 Å². The average Bonchev–Trinajstić information content (AvgIpc) is 2.99. The van der Waals surface area contributed by atoms with Gasteiger partial charge >= 0.3 is 0 Å². The highest BCUT2D eigenvalue weighted by Gasteiger charge is 2.35. The fraction of sp³-hybridized carbons (Fsp3) is 0.765. The van der Waals surface area contributed by atoms with Crippen LogP contribution in [-0.4, -0.2) is 35.2 Å². The third-order valence-corrected chi connectivity index (χ3v) is 5.94. The van der Waals surface area contributed by atoms with Crippen LogP contribution in [-0.2, 0) is 6.42 Å². The number of rotatable bonds is 4. The van der Waals surface area contributed by atoms with Crippen LogP contribution in [0, 0.1) is 5.92 Å². The van der Waals surface area contributed by atoms with Gasteiger partial charge in [-0.25, -0.2) is 0 Å². The molecule has 1 saturated carbocycles. The molecule has 0 spiro atoms. The van der Waals surface area contributed by atoms with Crippen molar-refractivity contribution < 1.29 is 5.11 Å². The third-order valence-electron chi connectivity index (χ3n) is 5.21. The molecule has 1 aliphatic carbocycles. The lowest BCUT2D eigenvalue weighted by atomic mass is 9.78. The summed E-state index contributed by atoms with van der Waals surface area (Å²) in [5, 5.41) is 14.8. The fourth-order valence-electron chi connectivity index (χ4n) is 4.08. The zero-order valence-corrected chi connectivity index (χ0v) is 13.2. The minimum Gasteiger partial charge on any atom is -0.393 e. The Morgan fingerprint density at radius 3 is 2.80 bits per heavy atom. The van der Waals surface area contributed by atoms with Crippen molar-refractivity contribution in [3.8, 4) is 0 Å². The molecule has 1 aromatic heterocycles. The first-order valence-corrected chi connectivity index (χ1v) is 9.22. The summed E-state index contributed by atoms with van der Waals surface area (Å²) >= 11 is 1.80. The van der Waals surface area contributed by atoms with E-state index in [0.29, 0.717) is 12.0 Å². The smallest absolute Gasteiger partial charge is 0.0583 e. The minimum atomic E-state index is -0.0458. The normalized spacial score (nSPS) is 32.4. The van der Waals surface area contributed by atoms with Gasteiger partial charge in [-0.3, -0.25) is 4.90 Å². The van der Waals surface area contributed by atoms with Crippen molar-refractivity contribution in [3.63, 3.8) is 0 Å². The molecule has 1 N–H and O–H groups in total. The quantitative estimate of drug-likeness (QED) is 0.915. The maximum Gasteiger partial charge on any atom is 0.0583 e. The predicted molar refractivity (Wildman–Crippen MR) is 85.2 cm³/mol. The maximum atomic E-state index is 10.4. The van der Waals surface area contributed by atoms with Crippen molar-refractivity contribution in [1.29, 1.82) is 0 Å². The van der Waals surface area contributed by atoms with Crippen LogP contribution >= 0.6 is 11.3 Å². The van der Waals surface area contributed by atoms with E-state index in [1.807, 2.05) is 0 Å². The van der Waals surface area contributed by atoms with Crippen molar-refractivity contribution >= 4 is 11.3 Å². The van der Waals surface area contributed by atoms with Gasteiger partial charge in [0.2, 0.25) is 0 Å². The largest absolute Gasteiger partial charge is 0.393 e. The summed E-state index contributed by atoms with van der Waals surface area (Å²) in [7, 11) is 0. The Bertz CT molecular complexity index is 392. The Labute approximate surface area is 126 Å². The van der Waals surface area contributed by atoms with Crippen molar-refractivity contribution in [1.82, 2.24) is 4.90 Å². The molecule has 1 aromatic rings. The van der Waals surface area contributed by atoms with Gasteiger partial charge in [0.05, 0.1) is 6.10 Å². The lowest BCUT2D eigenvalue weighted by molar-refractivity contribution is -0.00507. The van der Waals surface area contributed by atoms with Gasteiger partial charge in [-0.05, 0) is 61.0 Å². The molecule has 0 aromatic carbocycles. The Hall–Kier alpha value is -0.380. The minimum absolute atomic E-state index is 0.0458. The van der Waals surface area contributed by atoms with Crippen molar-refractivity contribution in [3.05, 3.63) is 22.4 Å². The molecule has 20 heavy (non-hydrogen) atoms. The molecule has 1 saturated heterocycles. The molecule has 2 fully saturated rings. The Morgan fingerprint density at radius 2 is 2.00 bits per heavy atom. The Kier molecular flexibility index (Phi) is 5.14. The number of nitrogens with zero attached hydrogens (tertiary/aromatic N) is 1. The zero-order valence-electron chi connectivity index (χ0n) is 12.3. The van der Waals surface area contributed by atoms with E-state index >= 15 is 0 Å². The molecule has 1 aliphatic heterocycles. The summed E-state index contributed by atoms with van der Waals surface area (Å²) in [6, 6.07) is 2.89. The van der Waals surface area contributed by atoms with Gasteiger partial charge < -0.3 is 5.11 Å². The summed E-state index contributed by atoms with van der Waals surface area (Å²) < 4.78 is 0. The molecule has 0 amide bonds. The van der Waals surface area contributed by atoms with Gasteiger partial charge in [0, 0.05) is 18.5 Å². The van der Waals surface area contributed by atoms with Crippen LogP contribution in [0.15, 0.2) is 16.8 Å². The molecule has 3 heteroatoms. The first-order chi connectivity index (χ1) is 9.84. The van der Waals surface area contributed by atoms with Gasteiger partial charge in [-0.1, -0.05) is 19.3 Å². The molecule has 3 unspecified atom stereocenters. The van der Waals surface area contributed by atoms with Crippen LogP contribution in [0.2, 0.25) is 0 Å². The lowest BCUT2D eigenvalue weighted by Crippen LogP contribution is -2.49. The summed E-state index contributed by atoms with van der Waals surface area (Å²) in [6.45, 7) is 2.41. The van der Waals surface area contributed by atoms with Crippen LogP contribution in [0.3, 0.4) is 0 Å². The van der Waals surface area contributed by atoms with E-state index in [4.69, 9.17) is 0 Å². The first kappa shape index (κ1) is 14.6. The summed E-state index contributed by atoms with van der Waals surface area (Å²) in [6.07, 6.45) is 9.91. The van der Waals surface area contributed by atoms with Crippen molar-refractivity contribution in [2.75, 3.05) is 13.1 Å². The van der Waals surface area contributed by atoms with Gasteiger partial charge in [0.1, 0.15) is 0 Å². The number of aliphatic hydroxyl groups is 1. The van der Waals surface area contributed by atoms with E-state index in [2.05, 4.69) is 21.7 Å². The topological polar surface area (TPSA) is 23.5 Å². The number of hydrogen-bond acceptors (Lipinski definition) is 3. The third kappa shape index (κ3) is 3.44. The van der Waals surface area contributed by atoms with Crippen LogP contribution in [0.5, 0.6) is 0 Å². The predicted octanol–water partition coefficient (Wildman–Crippen LogP) is 3.70. The van der Waals surface area contributed by atoms with Crippen LogP contribution in [0.4, 0.5) is 0 Å². The standard InChI is InChI=1S/C17H27NOS/c19-17-7-2-1-5-15(17)16-6-3-4-10-18(16)11-8-14-9-12-20-13-14/h9,12-13,15-17,19H,1-8,10-11H2. The van der Waals surface area contributed by atoms with Gasteiger partial charge in [-0.2, -0.15) is 11.3 Å². The number of hydrogen-bond donors (Lipinski definition) is 1. The molecular formula is C17H27NOS. The molecule has 0 bridgehead atoms. The lowest BCUT2D eigenvalue weighted by Gasteiger charge is -2.43. The zero-order chi connectivity index (χ0) is 13.8. The van der Waals surface area contributed by atoms with E-state index in [0.717, 1.165) is 6.42 Å². The maximum absolute atomic E-state index is 10.4.